The molecule has 0 radical (unpaired) electrons. The molecule has 6 heteroatoms. The van der Waals surface area contributed by atoms with E-state index in [4.69, 9.17) is 16.6 Å². The number of nitrogens with zero attached hydrogens (tertiary/aromatic N) is 2. The molecule has 0 fully saturated rings. The Labute approximate surface area is 172 Å². The first-order valence-corrected chi connectivity index (χ1v) is 10.2. The van der Waals surface area contributed by atoms with E-state index in [0.29, 0.717) is 10.6 Å². The van der Waals surface area contributed by atoms with Gasteiger partial charge < -0.3 is 5.32 Å². The zero-order valence-corrected chi connectivity index (χ0v) is 16.6. The molecule has 3 nitrogen and oxygen atoms in total. The van der Waals surface area contributed by atoms with E-state index in [1.807, 2.05) is 43.3 Å². The van der Waals surface area contributed by atoms with Crippen molar-refractivity contribution in [3.8, 4) is 0 Å². The molecule has 5 rings (SSSR count). The van der Waals surface area contributed by atoms with Crippen LogP contribution in [-0.4, -0.2) is 11.3 Å². The Morgan fingerprint density at radius 3 is 2.64 bits per heavy atom. The van der Waals surface area contributed by atoms with Gasteiger partial charge in [0.2, 0.25) is 0 Å². The summed E-state index contributed by atoms with van der Waals surface area (Å²) in [4.78, 5) is 8.19. The van der Waals surface area contributed by atoms with Crippen LogP contribution in [0.25, 0.3) is 0 Å². The molecule has 0 aliphatic carbocycles. The summed E-state index contributed by atoms with van der Waals surface area (Å²) in [5.74, 6) is -0.251. The zero-order valence-electron chi connectivity index (χ0n) is 15.1. The van der Waals surface area contributed by atoms with Crippen LogP contribution in [0.1, 0.15) is 17.2 Å². The lowest BCUT2D eigenvalue weighted by atomic mass is 10.0. The number of anilines is 2. The fourth-order valence-corrected chi connectivity index (χ4v) is 5.11. The van der Waals surface area contributed by atoms with E-state index in [1.165, 1.54) is 6.07 Å². The number of amidine groups is 1. The molecule has 2 aliphatic heterocycles. The number of thioether (sulfide) groups is 1. The first-order chi connectivity index (χ1) is 13.6. The van der Waals surface area contributed by atoms with E-state index in [1.54, 1.807) is 23.9 Å². The average Bonchev–Trinajstić information content (AvgIpc) is 3.21. The molecule has 0 bridgehead atoms. The third-order valence-electron chi connectivity index (χ3n) is 5.10. The lowest BCUT2D eigenvalue weighted by Gasteiger charge is -2.30. The quantitative estimate of drug-likeness (QED) is 0.554. The van der Waals surface area contributed by atoms with Gasteiger partial charge in [-0.2, -0.15) is 0 Å². The van der Waals surface area contributed by atoms with Crippen LogP contribution >= 0.6 is 23.4 Å². The van der Waals surface area contributed by atoms with Crippen molar-refractivity contribution in [3.63, 3.8) is 0 Å². The van der Waals surface area contributed by atoms with E-state index in [-0.39, 0.29) is 18.0 Å². The Kier molecular flexibility index (Phi) is 4.29. The fourth-order valence-electron chi connectivity index (χ4n) is 3.74. The topological polar surface area (TPSA) is 27.6 Å². The molecule has 0 amide bonds. The van der Waals surface area contributed by atoms with Gasteiger partial charge in [0, 0.05) is 10.5 Å². The van der Waals surface area contributed by atoms with Crippen LogP contribution in [0.5, 0.6) is 0 Å². The predicted octanol–water partition coefficient (Wildman–Crippen LogP) is 6.25. The predicted molar refractivity (Wildman–Crippen MR) is 115 cm³/mol. The standard InChI is InChI=1S/C22H17ClFN3S/c1-13-7-6-9-15(23)19(13)25-21-20(14-8-2-3-10-16(14)24)26-22-27(21)17-11-4-5-12-18(17)28-22/h2-12,20-21,25H,1H3. The number of para-hydroxylation sites is 2. The Balaban J connectivity index is 1.62. The van der Waals surface area contributed by atoms with Gasteiger partial charge >= 0.3 is 0 Å². The van der Waals surface area contributed by atoms with Crippen LogP contribution in [0.15, 0.2) is 76.6 Å². The number of rotatable bonds is 3. The summed E-state index contributed by atoms with van der Waals surface area (Å²) >= 11 is 8.09. The van der Waals surface area contributed by atoms with Crippen LogP contribution < -0.4 is 10.2 Å². The van der Waals surface area contributed by atoms with Crippen LogP contribution in [0.2, 0.25) is 5.02 Å². The summed E-state index contributed by atoms with van der Waals surface area (Å²) in [7, 11) is 0. The van der Waals surface area contributed by atoms with Crippen LogP contribution in [0.4, 0.5) is 15.8 Å². The molecular formula is C22H17ClFN3S. The number of halogens is 2. The van der Waals surface area contributed by atoms with Gasteiger partial charge in [0.1, 0.15) is 18.0 Å². The maximum absolute atomic E-state index is 14.6. The molecule has 0 saturated heterocycles. The SMILES string of the molecule is Cc1cccc(Cl)c1NC1C(c2ccccc2F)N=C2Sc3ccccc3N21. The number of nitrogens with one attached hydrogen (secondary N) is 1. The lowest BCUT2D eigenvalue weighted by molar-refractivity contribution is 0.560. The second-order valence-corrected chi connectivity index (χ2v) is 8.26. The third-order valence-corrected chi connectivity index (χ3v) is 6.46. The maximum Gasteiger partial charge on any atom is 0.171 e. The van der Waals surface area contributed by atoms with Gasteiger partial charge in [-0.15, -0.1) is 0 Å². The number of aryl methyl sites for hydroxylation is 1. The van der Waals surface area contributed by atoms with Crippen LogP contribution in [-0.2, 0) is 0 Å². The second kappa shape index (κ2) is 6.83. The van der Waals surface area contributed by atoms with Gasteiger partial charge in [-0.05, 0) is 48.5 Å². The van der Waals surface area contributed by atoms with E-state index in [0.717, 1.165) is 27.0 Å². The molecule has 3 aromatic rings. The highest BCUT2D eigenvalue weighted by molar-refractivity contribution is 8.14. The van der Waals surface area contributed by atoms with Gasteiger partial charge in [-0.3, -0.25) is 4.90 Å². The minimum atomic E-state index is -0.382. The van der Waals surface area contributed by atoms with Gasteiger partial charge in [0.05, 0.1) is 16.4 Å². The largest absolute Gasteiger partial charge is 0.361 e. The molecule has 2 heterocycles. The summed E-state index contributed by atoms with van der Waals surface area (Å²) in [5, 5.41) is 5.08. The Morgan fingerprint density at radius 1 is 1.04 bits per heavy atom. The van der Waals surface area contributed by atoms with E-state index < -0.39 is 0 Å². The first kappa shape index (κ1) is 17.6. The number of aliphatic imine (C=N–C) groups is 1. The Bertz CT molecular complexity index is 1080. The summed E-state index contributed by atoms with van der Waals surface area (Å²) < 4.78 is 14.6. The van der Waals surface area contributed by atoms with Crippen molar-refractivity contribution in [1.29, 1.82) is 0 Å². The van der Waals surface area contributed by atoms with Crippen LogP contribution in [0.3, 0.4) is 0 Å². The minimum absolute atomic E-state index is 0.251. The monoisotopic (exact) mass is 409 g/mol. The smallest absolute Gasteiger partial charge is 0.171 e. The van der Waals surface area contributed by atoms with Gasteiger partial charge in [0.15, 0.2) is 5.17 Å². The first-order valence-electron chi connectivity index (χ1n) is 9.03. The molecule has 1 N–H and O–H groups in total. The molecule has 2 atom stereocenters. The lowest BCUT2D eigenvalue weighted by Crippen LogP contribution is -2.41. The second-order valence-electron chi connectivity index (χ2n) is 6.84. The van der Waals surface area contributed by atoms with E-state index >= 15 is 0 Å². The molecular weight excluding hydrogens is 393 g/mol. The van der Waals surface area contributed by atoms with Crippen molar-refractivity contribution in [3.05, 3.63) is 88.7 Å². The van der Waals surface area contributed by atoms with Crippen molar-refractivity contribution in [2.75, 3.05) is 10.2 Å². The summed E-state index contributed by atoms with van der Waals surface area (Å²) in [6.07, 6.45) is -0.276. The van der Waals surface area contributed by atoms with Gasteiger partial charge in [0.25, 0.3) is 0 Å². The molecule has 0 aromatic heterocycles. The number of benzene rings is 3. The van der Waals surface area contributed by atoms with E-state index in [2.05, 4.69) is 22.3 Å². The number of hydrogen-bond acceptors (Lipinski definition) is 4. The summed E-state index contributed by atoms with van der Waals surface area (Å²) in [5.41, 5.74) is 3.53. The minimum Gasteiger partial charge on any atom is -0.361 e. The summed E-state index contributed by atoms with van der Waals surface area (Å²) in [6, 6.07) is 20.4. The average molecular weight is 410 g/mol. The van der Waals surface area contributed by atoms with Crippen LogP contribution in [0, 0.1) is 12.7 Å². The van der Waals surface area contributed by atoms with Gasteiger partial charge in [-0.1, -0.05) is 54.1 Å². The van der Waals surface area contributed by atoms with Crippen molar-refractivity contribution < 1.29 is 4.39 Å². The Morgan fingerprint density at radius 2 is 1.82 bits per heavy atom. The highest BCUT2D eigenvalue weighted by atomic mass is 35.5. The van der Waals surface area contributed by atoms with Crippen molar-refractivity contribution in [2.24, 2.45) is 4.99 Å². The molecule has 28 heavy (non-hydrogen) atoms. The summed E-state index contributed by atoms with van der Waals surface area (Å²) in [6.45, 7) is 2.01. The van der Waals surface area contributed by atoms with Gasteiger partial charge in [-0.25, -0.2) is 9.38 Å². The fraction of sp³-hybridized carbons (Fsp3) is 0.136. The highest BCUT2D eigenvalue weighted by Crippen LogP contribution is 2.49. The van der Waals surface area contributed by atoms with E-state index in [9.17, 15) is 4.39 Å². The van der Waals surface area contributed by atoms with Crippen molar-refractivity contribution in [2.45, 2.75) is 24.0 Å². The molecule has 140 valence electrons. The molecule has 2 unspecified atom stereocenters. The Hall–Kier alpha value is -2.50. The molecule has 0 spiro atoms. The number of fused-ring (bicyclic) bond motifs is 3. The number of hydrogen-bond donors (Lipinski definition) is 1. The molecule has 3 aromatic carbocycles. The molecule has 0 saturated carbocycles. The molecule has 2 aliphatic rings. The normalized spacial score (nSPS) is 20.0. The zero-order chi connectivity index (χ0) is 19.3. The highest BCUT2D eigenvalue weighted by Gasteiger charge is 2.44. The maximum atomic E-state index is 14.6. The van der Waals surface area contributed by atoms with Crippen molar-refractivity contribution in [1.82, 2.24) is 0 Å². The third kappa shape index (κ3) is 2.77. The van der Waals surface area contributed by atoms with Crippen molar-refractivity contribution >= 4 is 39.9 Å².